The van der Waals surface area contributed by atoms with Gasteiger partial charge in [0.25, 0.3) is 0 Å². The van der Waals surface area contributed by atoms with Gasteiger partial charge in [0.2, 0.25) is 5.89 Å². The van der Waals surface area contributed by atoms with Crippen LogP contribution in [0, 0.1) is 6.92 Å². The lowest BCUT2D eigenvalue weighted by Crippen LogP contribution is -2.51. The Morgan fingerprint density at radius 1 is 1.06 bits per heavy atom. The molecule has 34 heavy (non-hydrogen) atoms. The third kappa shape index (κ3) is 3.35. The van der Waals surface area contributed by atoms with Crippen LogP contribution >= 0.6 is 0 Å². The van der Waals surface area contributed by atoms with Gasteiger partial charge in [-0.1, -0.05) is 73.5 Å². The van der Waals surface area contributed by atoms with Crippen molar-refractivity contribution in [1.82, 2.24) is 30.4 Å². The molecule has 0 amide bonds. The summed E-state index contributed by atoms with van der Waals surface area (Å²) in [7, 11) is 0. The van der Waals surface area contributed by atoms with E-state index in [0.29, 0.717) is 11.7 Å². The third-order valence-corrected chi connectivity index (χ3v) is 6.88. The second-order valence-electron chi connectivity index (χ2n) is 9.11. The van der Waals surface area contributed by atoms with E-state index in [0.717, 1.165) is 54.0 Å². The molecule has 0 saturated carbocycles. The standard InChI is InChI=1S/C27H28N6O/c1-3-4-14-27(26-29-17(2)34-33-26)24-20(19-12-8-9-13-21(19)30-24)15-22(32-27)25-28-16-23(31-25)18-10-6-5-7-11-18/h5-13,16,22,30,32H,3-4,14-15H2,1-2H3,(H,28,31)/t22-,27?/m1/s1. The van der Waals surface area contributed by atoms with E-state index in [-0.39, 0.29) is 6.04 Å². The fourth-order valence-corrected chi connectivity index (χ4v) is 5.24. The summed E-state index contributed by atoms with van der Waals surface area (Å²) in [6.45, 7) is 4.05. The van der Waals surface area contributed by atoms with Crippen molar-refractivity contribution in [3.8, 4) is 11.3 Å². The third-order valence-electron chi connectivity index (χ3n) is 6.88. The Morgan fingerprint density at radius 2 is 1.88 bits per heavy atom. The van der Waals surface area contributed by atoms with Crippen molar-refractivity contribution in [3.05, 3.63) is 89.6 Å². The highest BCUT2D eigenvalue weighted by atomic mass is 16.5. The maximum absolute atomic E-state index is 5.48. The number of nitrogens with one attached hydrogen (secondary N) is 3. The molecule has 1 aliphatic heterocycles. The van der Waals surface area contributed by atoms with Crippen LogP contribution in [0.4, 0.5) is 0 Å². The number of benzene rings is 2. The van der Waals surface area contributed by atoms with E-state index in [1.54, 1.807) is 0 Å². The number of hydrogen-bond donors (Lipinski definition) is 3. The molecule has 0 spiro atoms. The smallest absolute Gasteiger partial charge is 0.223 e. The van der Waals surface area contributed by atoms with Crippen LogP contribution in [0.2, 0.25) is 0 Å². The van der Waals surface area contributed by atoms with Crippen molar-refractivity contribution in [1.29, 1.82) is 0 Å². The second-order valence-corrected chi connectivity index (χ2v) is 9.11. The van der Waals surface area contributed by atoms with Gasteiger partial charge >= 0.3 is 0 Å². The molecule has 0 bridgehead atoms. The largest absolute Gasteiger partial charge is 0.356 e. The molecule has 0 radical (unpaired) electrons. The number of para-hydroxylation sites is 1. The minimum Gasteiger partial charge on any atom is -0.356 e. The molecule has 0 fully saturated rings. The van der Waals surface area contributed by atoms with E-state index >= 15 is 0 Å². The highest BCUT2D eigenvalue weighted by molar-refractivity contribution is 5.85. The van der Waals surface area contributed by atoms with Crippen LogP contribution in [0.15, 0.2) is 65.3 Å². The van der Waals surface area contributed by atoms with E-state index < -0.39 is 5.54 Å². The number of aryl methyl sites for hydroxylation is 1. The maximum atomic E-state index is 5.48. The van der Waals surface area contributed by atoms with Gasteiger partial charge < -0.3 is 14.5 Å². The Hall–Kier alpha value is -3.71. The summed E-state index contributed by atoms with van der Waals surface area (Å²) in [5, 5.41) is 9.57. The van der Waals surface area contributed by atoms with Gasteiger partial charge in [-0.15, -0.1) is 0 Å². The molecule has 3 N–H and O–H groups in total. The van der Waals surface area contributed by atoms with Crippen LogP contribution in [-0.4, -0.2) is 25.1 Å². The zero-order valence-corrected chi connectivity index (χ0v) is 19.4. The van der Waals surface area contributed by atoms with Crippen LogP contribution in [0.1, 0.15) is 61.0 Å². The van der Waals surface area contributed by atoms with Crippen LogP contribution in [0.25, 0.3) is 22.2 Å². The first kappa shape index (κ1) is 20.9. The molecule has 3 aromatic heterocycles. The van der Waals surface area contributed by atoms with Crippen molar-refractivity contribution in [3.63, 3.8) is 0 Å². The van der Waals surface area contributed by atoms with E-state index in [1.807, 2.05) is 31.3 Å². The number of hydrogen-bond acceptors (Lipinski definition) is 5. The summed E-state index contributed by atoms with van der Waals surface area (Å²) in [4.78, 5) is 16.9. The molecule has 0 aliphatic carbocycles. The van der Waals surface area contributed by atoms with Crippen molar-refractivity contribution in [2.24, 2.45) is 0 Å². The van der Waals surface area contributed by atoms with E-state index in [1.165, 1.54) is 10.9 Å². The summed E-state index contributed by atoms with van der Waals surface area (Å²) in [5.74, 6) is 2.15. The minimum atomic E-state index is -0.593. The first-order valence-electron chi connectivity index (χ1n) is 12.0. The Bertz CT molecular complexity index is 1430. The summed E-state index contributed by atoms with van der Waals surface area (Å²) in [6.07, 6.45) is 5.75. The molecular formula is C27H28N6O. The molecular weight excluding hydrogens is 424 g/mol. The average molecular weight is 453 g/mol. The number of unbranched alkanes of at least 4 members (excludes halogenated alkanes) is 1. The normalized spacial score (nSPS) is 20.0. The van der Waals surface area contributed by atoms with Crippen LogP contribution < -0.4 is 5.32 Å². The average Bonchev–Trinajstić information content (AvgIpc) is 3.62. The van der Waals surface area contributed by atoms with Gasteiger partial charge in [-0.25, -0.2) is 4.98 Å². The number of fused-ring (bicyclic) bond motifs is 3. The predicted octanol–water partition coefficient (Wildman–Crippen LogP) is 5.57. The topological polar surface area (TPSA) is 95.4 Å². The molecule has 0 saturated heterocycles. The minimum absolute atomic E-state index is 0.0279. The van der Waals surface area contributed by atoms with Gasteiger partial charge in [0.05, 0.1) is 11.7 Å². The molecule has 7 heteroatoms. The number of aromatic amines is 2. The molecule has 6 rings (SSSR count). The number of imidazole rings is 1. The molecule has 1 unspecified atom stereocenters. The van der Waals surface area contributed by atoms with Crippen LogP contribution in [-0.2, 0) is 12.0 Å². The zero-order valence-electron chi connectivity index (χ0n) is 19.4. The van der Waals surface area contributed by atoms with Gasteiger partial charge in [-0.2, -0.15) is 4.98 Å². The molecule has 4 heterocycles. The van der Waals surface area contributed by atoms with Crippen LogP contribution in [0.3, 0.4) is 0 Å². The van der Waals surface area contributed by atoms with Crippen molar-refractivity contribution in [2.75, 3.05) is 0 Å². The van der Waals surface area contributed by atoms with E-state index in [4.69, 9.17) is 14.5 Å². The van der Waals surface area contributed by atoms with Gasteiger partial charge in [-0.3, -0.25) is 5.32 Å². The van der Waals surface area contributed by atoms with E-state index in [9.17, 15) is 0 Å². The Morgan fingerprint density at radius 3 is 2.68 bits per heavy atom. The summed E-state index contributed by atoms with van der Waals surface area (Å²) in [5.41, 5.74) is 4.99. The van der Waals surface area contributed by atoms with Gasteiger partial charge in [0, 0.05) is 35.3 Å². The molecule has 5 aromatic rings. The van der Waals surface area contributed by atoms with Gasteiger partial charge in [0.1, 0.15) is 11.4 Å². The monoisotopic (exact) mass is 452 g/mol. The van der Waals surface area contributed by atoms with Crippen molar-refractivity contribution in [2.45, 2.75) is 51.1 Å². The second kappa shape index (κ2) is 8.25. The summed E-state index contributed by atoms with van der Waals surface area (Å²) >= 11 is 0. The molecule has 7 nitrogen and oxygen atoms in total. The first-order chi connectivity index (χ1) is 16.7. The lowest BCUT2D eigenvalue weighted by molar-refractivity contribution is 0.257. The van der Waals surface area contributed by atoms with Gasteiger partial charge in [-0.05, 0) is 24.5 Å². The van der Waals surface area contributed by atoms with Crippen LogP contribution in [0.5, 0.6) is 0 Å². The lowest BCUT2D eigenvalue weighted by Gasteiger charge is -2.40. The quantitative estimate of drug-likeness (QED) is 0.313. The first-order valence-corrected chi connectivity index (χ1v) is 12.0. The molecule has 1 aliphatic rings. The number of nitrogens with zero attached hydrogens (tertiary/aromatic N) is 3. The predicted molar refractivity (Wildman–Crippen MR) is 131 cm³/mol. The highest BCUT2D eigenvalue weighted by Gasteiger charge is 2.47. The van der Waals surface area contributed by atoms with Crippen molar-refractivity contribution < 1.29 is 4.52 Å². The number of H-pyrrole nitrogens is 2. The zero-order chi connectivity index (χ0) is 23.1. The Balaban J connectivity index is 1.51. The molecule has 172 valence electrons. The fraction of sp³-hybridized carbons (Fsp3) is 0.296. The Kier molecular flexibility index (Phi) is 5.07. The van der Waals surface area contributed by atoms with Crippen molar-refractivity contribution >= 4 is 10.9 Å². The molecule has 2 aromatic carbocycles. The fourth-order valence-electron chi connectivity index (χ4n) is 5.24. The summed E-state index contributed by atoms with van der Waals surface area (Å²) < 4.78 is 5.48. The SMILES string of the molecule is CCCCC1(c2noc(C)n2)N[C@@H](c2nc(-c3ccccc3)c[nH]2)Cc2c1[nH]c1ccccc21. The van der Waals surface area contributed by atoms with E-state index in [2.05, 4.69) is 63.8 Å². The van der Waals surface area contributed by atoms with Gasteiger partial charge in [0.15, 0.2) is 5.82 Å². The number of aromatic nitrogens is 5. The lowest BCUT2D eigenvalue weighted by atomic mass is 9.79. The maximum Gasteiger partial charge on any atom is 0.223 e. The molecule has 2 atom stereocenters. The Labute approximate surface area is 198 Å². The number of rotatable bonds is 6. The summed E-state index contributed by atoms with van der Waals surface area (Å²) in [6, 6.07) is 18.7. The highest BCUT2D eigenvalue weighted by Crippen LogP contribution is 2.44.